The summed E-state index contributed by atoms with van der Waals surface area (Å²) in [6.07, 6.45) is 1.11. The Morgan fingerprint density at radius 1 is 1.22 bits per heavy atom. The highest BCUT2D eigenvalue weighted by molar-refractivity contribution is 6.03. The highest BCUT2D eigenvalue weighted by Crippen LogP contribution is 2.26. The number of fused-ring (bicyclic) bond motifs is 1. The number of nitrogens with zero attached hydrogens (tertiary/aromatic N) is 2. The van der Waals surface area contributed by atoms with Gasteiger partial charge in [0.15, 0.2) is 5.78 Å². The average Bonchev–Trinajstić information content (AvgIpc) is 2.65. The number of hydrogen-bond acceptors (Lipinski definition) is 4. The van der Waals surface area contributed by atoms with Crippen molar-refractivity contribution in [2.75, 3.05) is 13.1 Å². The normalized spacial score (nSPS) is 17.4. The topological polar surface area (TPSA) is 70.4 Å². The molecule has 0 radical (unpaired) electrons. The van der Waals surface area contributed by atoms with E-state index >= 15 is 0 Å². The lowest BCUT2D eigenvalue weighted by Gasteiger charge is -2.33. The zero-order chi connectivity index (χ0) is 19.6. The predicted molar refractivity (Wildman–Crippen MR) is 104 cm³/mol. The second kappa shape index (κ2) is 7.40. The van der Waals surface area contributed by atoms with E-state index < -0.39 is 5.60 Å². The average molecular weight is 364 g/mol. The third-order valence-corrected chi connectivity index (χ3v) is 4.71. The number of Topliss-reactive ketones (excluding diaryl/α,β-unsaturated/α-hetero) is 1. The summed E-state index contributed by atoms with van der Waals surface area (Å²) in [5, 5.41) is 11.2. The molecule has 1 amide bonds. The first-order valence-electron chi connectivity index (χ1n) is 9.23. The maximum absolute atomic E-state index is 13.1. The summed E-state index contributed by atoms with van der Waals surface area (Å²) in [5.41, 5.74) is 0.464. The van der Waals surface area contributed by atoms with E-state index in [2.05, 4.69) is 6.07 Å². The Bertz CT molecular complexity index is 921. The Kier molecular flexibility index (Phi) is 5.18. The predicted octanol–water partition coefficient (Wildman–Crippen LogP) is 4.54. The maximum Gasteiger partial charge on any atom is 0.410 e. The molecule has 0 bridgehead atoms. The van der Waals surface area contributed by atoms with Gasteiger partial charge >= 0.3 is 6.09 Å². The van der Waals surface area contributed by atoms with Crippen LogP contribution >= 0.6 is 0 Å². The first-order chi connectivity index (χ1) is 12.8. The number of nitriles is 1. The van der Waals surface area contributed by atoms with Gasteiger partial charge in [0.1, 0.15) is 5.60 Å². The smallest absolute Gasteiger partial charge is 0.410 e. The van der Waals surface area contributed by atoms with Crippen molar-refractivity contribution in [3.8, 4) is 6.07 Å². The molecule has 0 aromatic heterocycles. The van der Waals surface area contributed by atoms with Crippen molar-refractivity contribution in [1.82, 2.24) is 4.90 Å². The molecule has 2 aromatic rings. The molecule has 1 aliphatic heterocycles. The Hall–Kier alpha value is -2.87. The van der Waals surface area contributed by atoms with E-state index in [-0.39, 0.29) is 17.8 Å². The number of likely N-dealkylation sites (tertiary alicyclic amines) is 1. The Balaban J connectivity index is 1.82. The number of piperidine rings is 1. The van der Waals surface area contributed by atoms with E-state index in [1.54, 1.807) is 11.0 Å². The summed E-state index contributed by atoms with van der Waals surface area (Å²) in [6, 6.07) is 13.2. The summed E-state index contributed by atoms with van der Waals surface area (Å²) < 4.78 is 5.44. The fourth-order valence-corrected chi connectivity index (χ4v) is 3.46. The second-order valence-corrected chi connectivity index (χ2v) is 7.99. The molecule has 1 unspecified atom stereocenters. The molecule has 1 aliphatic rings. The van der Waals surface area contributed by atoms with E-state index in [1.807, 2.05) is 51.1 Å². The molecule has 140 valence electrons. The van der Waals surface area contributed by atoms with Crippen LogP contribution in [0.25, 0.3) is 10.8 Å². The van der Waals surface area contributed by atoms with Crippen LogP contribution in [-0.4, -0.2) is 35.5 Å². The van der Waals surface area contributed by atoms with Crippen LogP contribution in [0.5, 0.6) is 0 Å². The molecule has 1 saturated heterocycles. The zero-order valence-electron chi connectivity index (χ0n) is 16.0. The summed E-state index contributed by atoms with van der Waals surface area (Å²) in [7, 11) is 0. The SMILES string of the molecule is CC(C)(C)OC(=O)N1CCCC(C(=O)c2cc(C#N)c3ccccc3c2)C1. The lowest BCUT2D eigenvalue weighted by Crippen LogP contribution is -2.44. The number of rotatable bonds is 2. The Morgan fingerprint density at radius 2 is 1.96 bits per heavy atom. The first kappa shape index (κ1) is 18.9. The minimum Gasteiger partial charge on any atom is -0.444 e. The van der Waals surface area contributed by atoms with Gasteiger partial charge in [0, 0.05) is 24.6 Å². The highest BCUT2D eigenvalue weighted by Gasteiger charge is 2.31. The van der Waals surface area contributed by atoms with Gasteiger partial charge < -0.3 is 9.64 Å². The van der Waals surface area contributed by atoms with Crippen LogP contribution in [0.2, 0.25) is 0 Å². The van der Waals surface area contributed by atoms with Crippen LogP contribution in [0.3, 0.4) is 0 Å². The molecule has 1 fully saturated rings. The van der Waals surface area contributed by atoms with Crippen molar-refractivity contribution in [2.24, 2.45) is 5.92 Å². The van der Waals surface area contributed by atoms with E-state index in [4.69, 9.17) is 4.74 Å². The molecule has 1 heterocycles. The van der Waals surface area contributed by atoms with Crippen molar-refractivity contribution in [3.05, 3.63) is 47.5 Å². The summed E-state index contributed by atoms with van der Waals surface area (Å²) in [4.78, 5) is 27.0. The third-order valence-electron chi connectivity index (χ3n) is 4.71. The number of ketones is 1. The molecule has 0 aliphatic carbocycles. The maximum atomic E-state index is 13.1. The van der Waals surface area contributed by atoms with Gasteiger partial charge in [-0.05, 0) is 56.5 Å². The van der Waals surface area contributed by atoms with Gasteiger partial charge in [0.2, 0.25) is 0 Å². The van der Waals surface area contributed by atoms with Crippen LogP contribution in [0, 0.1) is 17.2 Å². The fourth-order valence-electron chi connectivity index (χ4n) is 3.46. The summed E-state index contributed by atoms with van der Waals surface area (Å²) >= 11 is 0. The van der Waals surface area contributed by atoms with Crippen LogP contribution in [0.15, 0.2) is 36.4 Å². The number of amides is 1. The minimum atomic E-state index is -0.561. The number of carbonyl (C=O) groups excluding carboxylic acids is 2. The van der Waals surface area contributed by atoms with Crippen molar-refractivity contribution in [2.45, 2.75) is 39.2 Å². The largest absolute Gasteiger partial charge is 0.444 e. The molecular formula is C22H24N2O3. The molecule has 1 atom stereocenters. The molecule has 0 spiro atoms. The van der Waals surface area contributed by atoms with Gasteiger partial charge in [-0.3, -0.25) is 4.79 Å². The van der Waals surface area contributed by atoms with Crippen molar-refractivity contribution in [1.29, 1.82) is 5.26 Å². The van der Waals surface area contributed by atoms with Crippen LogP contribution < -0.4 is 0 Å². The Labute approximate surface area is 159 Å². The van der Waals surface area contributed by atoms with E-state index in [0.29, 0.717) is 24.2 Å². The molecular weight excluding hydrogens is 340 g/mol. The lowest BCUT2D eigenvalue weighted by molar-refractivity contribution is 0.0172. The molecule has 3 rings (SSSR count). The van der Waals surface area contributed by atoms with Gasteiger partial charge in [-0.15, -0.1) is 0 Å². The summed E-state index contributed by atoms with van der Waals surface area (Å²) in [5.74, 6) is -0.301. The first-order valence-corrected chi connectivity index (χ1v) is 9.23. The van der Waals surface area contributed by atoms with Gasteiger partial charge in [-0.1, -0.05) is 24.3 Å². The van der Waals surface area contributed by atoms with Crippen molar-refractivity contribution >= 4 is 22.6 Å². The molecule has 0 saturated carbocycles. The van der Waals surface area contributed by atoms with Gasteiger partial charge in [-0.25, -0.2) is 4.79 Å². The van der Waals surface area contributed by atoms with Crippen LogP contribution in [-0.2, 0) is 4.74 Å². The third kappa shape index (κ3) is 4.28. The van der Waals surface area contributed by atoms with Crippen molar-refractivity contribution in [3.63, 3.8) is 0 Å². The zero-order valence-corrected chi connectivity index (χ0v) is 16.0. The molecule has 0 N–H and O–H groups in total. The molecule has 27 heavy (non-hydrogen) atoms. The number of carbonyl (C=O) groups is 2. The standard InChI is InChI=1S/C22H24N2O3/c1-22(2,3)27-21(26)24-10-6-8-16(14-24)20(25)17-11-15-7-4-5-9-19(15)18(12-17)13-23/h4-5,7,9,11-12,16H,6,8,10,14H2,1-3H3. The quantitative estimate of drug-likeness (QED) is 0.734. The highest BCUT2D eigenvalue weighted by atomic mass is 16.6. The van der Waals surface area contributed by atoms with Gasteiger partial charge in [0.05, 0.1) is 11.6 Å². The molecule has 5 nitrogen and oxygen atoms in total. The van der Waals surface area contributed by atoms with Gasteiger partial charge in [-0.2, -0.15) is 5.26 Å². The number of hydrogen-bond donors (Lipinski definition) is 0. The monoisotopic (exact) mass is 364 g/mol. The van der Waals surface area contributed by atoms with Crippen molar-refractivity contribution < 1.29 is 14.3 Å². The number of ether oxygens (including phenoxy) is 1. The lowest BCUT2D eigenvalue weighted by atomic mass is 9.88. The van der Waals surface area contributed by atoms with Crippen LogP contribution in [0.1, 0.15) is 49.5 Å². The summed E-state index contributed by atoms with van der Waals surface area (Å²) in [6.45, 7) is 6.43. The second-order valence-electron chi connectivity index (χ2n) is 7.99. The minimum absolute atomic E-state index is 0.0227. The Morgan fingerprint density at radius 3 is 2.67 bits per heavy atom. The van der Waals surface area contributed by atoms with Gasteiger partial charge in [0.25, 0.3) is 0 Å². The van der Waals surface area contributed by atoms with E-state index in [1.165, 1.54) is 0 Å². The number of benzene rings is 2. The fraction of sp³-hybridized carbons (Fsp3) is 0.409. The molecule has 5 heteroatoms. The van der Waals surface area contributed by atoms with E-state index in [9.17, 15) is 14.9 Å². The van der Waals surface area contributed by atoms with Crippen LogP contribution in [0.4, 0.5) is 4.79 Å². The molecule has 2 aromatic carbocycles. The van der Waals surface area contributed by atoms with E-state index in [0.717, 1.165) is 23.6 Å².